The highest BCUT2D eigenvalue weighted by molar-refractivity contribution is 14.1. The first-order valence-electron chi connectivity index (χ1n) is 5.47. The van der Waals surface area contributed by atoms with E-state index in [0.29, 0.717) is 24.4 Å². The minimum absolute atomic E-state index is 0.0299. The standard InChI is InChI=1S/C12H12INO3S/c13-8-1-2-10(9(4-8)12(16)17)14-5-7(6-18)3-11(14)15/h1-2,4,7,18H,3,5-6H2,(H,16,17). The summed E-state index contributed by atoms with van der Waals surface area (Å²) in [6.07, 6.45) is 0.439. The third-order valence-corrected chi connectivity index (χ3v) is 4.13. The molecule has 1 aromatic carbocycles. The van der Waals surface area contributed by atoms with E-state index in [2.05, 4.69) is 35.2 Å². The molecule has 1 amide bonds. The fraction of sp³-hybridized carbons (Fsp3) is 0.333. The lowest BCUT2D eigenvalue weighted by Crippen LogP contribution is -2.26. The van der Waals surface area contributed by atoms with Gasteiger partial charge in [-0.05, 0) is 52.5 Å². The van der Waals surface area contributed by atoms with Gasteiger partial charge in [0.15, 0.2) is 0 Å². The van der Waals surface area contributed by atoms with Gasteiger partial charge in [0.2, 0.25) is 5.91 Å². The predicted octanol–water partition coefficient (Wildman–Crippen LogP) is 2.27. The molecule has 0 spiro atoms. The Morgan fingerprint density at radius 1 is 1.56 bits per heavy atom. The van der Waals surface area contributed by atoms with Crippen LogP contribution in [0.3, 0.4) is 0 Å². The molecule has 0 bridgehead atoms. The Bertz CT molecular complexity index is 506. The van der Waals surface area contributed by atoms with Crippen LogP contribution in [0.4, 0.5) is 5.69 Å². The number of rotatable bonds is 3. The van der Waals surface area contributed by atoms with Crippen molar-refractivity contribution in [2.75, 3.05) is 17.2 Å². The van der Waals surface area contributed by atoms with Crippen LogP contribution in [0.2, 0.25) is 0 Å². The molecule has 1 aliphatic heterocycles. The highest BCUT2D eigenvalue weighted by Crippen LogP contribution is 2.29. The Morgan fingerprint density at radius 2 is 2.28 bits per heavy atom. The Kier molecular flexibility index (Phi) is 4.16. The lowest BCUT2D eigenvalue weighted by atomic mass is 10.1. The van der Waals surface area contributed by atoms with Gasteiger partial charge in [-0.3, -0.25) is 4.79 Å². The molecule has 1 fully saturated rings. The van der Waals surface area contributed by atoms with Crippen LogP contribution >= 0.6 is 35.2 Å². The fourth-order valence-electron chi connectivity index (χ4n) is 2.05. The first kappa shape index (κ1) is 13.7. The van der Waals surface area contributed by atoms with E-state index in [1.807, 2.05) is 6.07 Å². The van der Waals surface area contributed by atoms with Crippen molar-refractivity contribution in [3.05, 3.63) is 27.3 Å². The van der Waals surface area contributed by atoms with E-state index in [-0.39, 0.29) is 17.4 Å². The smallest absolute Gasteiger partial charge is 0.337 e. The summed E-state index contributed by atoms with van der Waals surface area (Å²) in [4.78, 5) is 24.7. The molecule has 1 atom stereocenters. The maximum atomic E-state index is 11.9. The molecule has 1 aromatic rings. The van der Waals surface area contributed by atoms with Gasteiger partial charge in [0.1, 0.15) is 0 Å². The molecule has 0 aliphatic carbocycles. The van der Waals surface area contributed by atoms with Crippen LogP contribution in [0.1, 0.15) is 16.8 Å². The van der Waals surface area contributed by atoms with Gasteiger partial charge in [-0.15, -0.1) is 0 Å². The van der Waals surface area contributed by atoms with E-state index < -0.39 is 5.97 Å². The summed E-state index contributed by atoms with van der Waals surface area (Å²) in [5.41, 5.74) is 0.660. The van der Waals surface area contributed by atoms with Crippen LogP contribution < -0.4 is 4.90 Å². The van der Waals surface area contributed by atoms with Crippen LogP contribution in [-0.4, -0.2) is 29.3 Å². The average Bonchev–Trinajstić information content (AvgIpc) is 2.70. The topological polar surface area (TPSA) is 57.6 Å². The first-order valence-corrected chi connectivity index (χ1v) is 7.18. The number of thiol groups is 1. The zero-order valence-electron chi connectivity index (χ0n) is 9.47. The minimum Gasteiger partial charge on any atom is -0.478 e. The van der Waals surface area contributed by atoms with Gasteiger partial charge < -0.3 is 10.0 Å². The van der Waals surface area contributed by atoms with Crippen LogP contribution in [0.25, 0.3) is 0 Å². The highest BCUT2D eigenvalue weighted by Gasteiger charge is 2.31. The summed E-state index contributed by atoms with van der Waals surface area (Å²) >= 11 is 6.25. The van der Waals surface area contributed by atoms with Crippen molar-refractivity contribution < 1.29 is 14.7 Å². The number of halogens is 1. The second-order valence-corrected chi connectivity index (χ2v) is 5.83. The molecular formula is C12H12INO3S. The zero-order valence-corrected chi connectivity index (χ0v) is 12.5. The lowest BCUT2D eigenvalue weighted by molar-refractivity contribution is -0.117. The summed E-state index contributed by atoms with van der Waals surface area (Å²) in [5.74, 6) is -0.209. The summed E-state index contributed by atoms with van der Waals surface area (Å²) in [6, 6.07) is 5.09. The van der Waals surface area contributed by atoms with E-state index in [1.165, 1.54) is 0 Å². The second kappa shape index (κ2) is 5.48. The summed E-state index contributed by atoms with van der Waals surface area (Å²) in [5, 5.41) is 9.20. The van der Waals surface area contributed by atoms with Gasteiger partial charge in [-0.2, -0.15) is 12.6 Å². The predicted molar refractivity (Wildman–Crippen MR) is 80.4 cm³/mol. The molecule has 1 unspecified atom stereocenters. The number of hydrogen-bond donors (Lipinski definition) is 2. The van der Waals surface area contributed by atoms with E-state index >= 15 is 0 Å². The van der Waals surface area contributed by atoms with Crippen molar-refractivity contribution >= 4 is 52.8 Å². The minimum atomic E-state index is -1.01. The van der Waals surface area contributed by atoms with Crippen molar-refractivity contribution in [1.29, 1.82) is 0 Å². The van der Waals surface area contributed by atoms with Crippen molar-refractivity contribution in [3.63, 3.8) is 0 Å². The summed E-state index contributed by atoms with van der Waals surface area (Å²) in [7, 11) is 0. The third-order valence-electron chi connectivity index (χ3n) is 2.94. The van der Waals surface area contributed by atoms with Gasteiger partial charge in [0, 0.05) is 16.5 Å². The molecular weight excluding hydrogens is 365 g/mol. The van der Waals surface area contributed by atoms with Crippen LogP contribution in [0.15, 0.2) is 18.2 Å². The number of carbonyl (C=O) groups excluding carboxylic acids is 1. The molecule has 0 radical (unpaired) electrons. The van der Waals surface area contributed by atoms with Gasteiger partial charge >= 0.3 is 5.97 Å². The number of carbonyl (C=O) groups is 2. The first-order chi connectivity index (χ1) is 8.52. The largest absolute Gasteiger partial charge is 0.478 e. The van der Waals surface area contributed by atoms with Gasteiger partial charge in [0.05, 0.1) is 11.3 Å². The molecule has 2 rings (SSSR count). The fourth-order valence-corrected chi connectivity index (χ4v) is 2.79. The molecule has 6 heteroatoms. The monoisotopic (exact) mass is 377 g/mol. The Morgan fingerprint density at radius 3 is 2.83 bits per heavy atom. The molecule has 1 aliphatic rings. The maximum absolute atomic E-state index is 11.9. The molecule has 4 nitrogen and oxygen atoms in total. The van der Waals surface area contributed by atoms with Crippen LogP contribution in [-0.2, 0) is 4.79 Å². The number of hydrogen-bond acceptors (Lipinski definition) is 3. The van der Waals surface area contributed by atoms with E-state index in [4.69, 9.17) is 0 Å². The molecule has 0 saturated carbocycles. The third kappa shape index (κ3) is 2.64. The van der Waals surface area contributed by atoms with E-state index in [1.54, 1.807) is 17.0 Å². The molecule has 96 valence electrons. The van der Waals surface area contributed by atoms with Gasteiger partial charge in [-0.1, -0.05) is 0 Å². The Labute approximate surface area is 124 Å². The SMILES string of the molecule is O=C(O)c1cc(I)ccc1N1CC(CS)CC1=O. The van der Waals surface area contributed by atoms with Gasteiger partial charge in [-0.25, -0.2) is 4.79 Å². The number of benzene rings is 1. The second-order valence-electron chi connectivity index (χ2n) is 4.22. The number of aromatic carboxylic acids is 1. The molecule has 0 aromatic heterocycles. The van der Waals surface area contributed by atoms with Crippen molar-refractivity contribution in [2.45, 2.75) is 6.42 Å². The lowest BCUT2D eigenvalue weighted by Gasteiger charge is -2.19. The summed E-state index contributed by atoms with van der Waals surface area (Å²) in [6.45, 7) is 0.545. The number of anilines is 1. The van der Waals surface area contributed by atoms with Crippen molar-refractivity contribution in [3.8, 4) is 0 Å². The van der Waals surface area contributed by atoms with Crippen LogP contribution in [0.5, 0.6) is 0 Å². The number of nitrogens with zero attached hydrogens (tertiary/aromatic N) is 1. The number of carboxylic acid groups (broad SMARTS) is 1. The highest BCUT2D eigenvalue weighted by atomic mass is 127. The Balaban J connectivity index is 2.39. The maximum Gasteiger partial charge on any atom is 0.337 e. The van der Waals surface area contributed by atoms with Gasteiger partial charge in [0.25, 0.3) is 0 Å². The van der Waals surface area contributed by atoms with Crippen LogP contribution in [0, 0.1) is 9.49 Å². The Hall–Kier alpha value is -0.760. The molecule has 1 heterocycles. The molecule has 1 saturated heterocycles. The average molecular weight is 377 g/mol. The number of carboxylic acids is 1. The van der Waals surface area contributed by atoms with Crippen molar-refractivity contribution in [2.24, 2.45) is 5.92 Å². The van der Waals surface area contributed by atoms with E-state index in [0.717, 1.165) is 3.57 Å². The zero-order chi connectivity index (χ0) is 13.3. The van der Waals surface area contributed by atoms with E-state index in [9.17, 15) is 14.7 Å². The quantitative estimate of drug-likeness (QED) is 0.628. The summed E-state index contributed by atoms with van der Waals surface area (Å²) < 4.78 is 0.839. The molecule has 18 heavy (non-hydrogen) atoms. The number of amides is 1. The molecule has 1 N–H and O–H groups in total. The normalized spacial score (nSPS) is 19.3. The van der Waals surface area contributed by atoms with Crippen molar-refractivity contribution in [1.82, 2.24) is 0 Å².